The summed E-state index contributed by atoms with van der Waals surface area (Å²) >= 11 is 0. The number of Topliss-reactive ketones (excluding diaryl/α,β-unsaturated/α-hetero) is 2. The lowest BCUT2D eigenvalue weighted by Gasteiger charge is -2.66. The van der Waals surface area contributed by atoms with Gasteiger partial charge in [-0.1, -0.05) is 62.4 Å². The first-order valence-electron chi connectivity index (χ1n) is 19.2. The Balaban J connectivity index is 1.49. The molecule has 4 N–H and O–H groups in total. The largest absolute Gasteiger partial charge is 0.456 e. The van der Waals surface area contributed by atoms with Gasteiger partial charge >= 0.3 is 24.0 Å². The van der Waals surface area contributed by atoms with Crippen LogP contribution in [0.2, 0.25) is 0 Å². The maximum Gasteiger partial charge on any atom is 0.408 e. The number of amides is 1. The number of hydrogen-bond acceptors (Lipinski definition) is 14. The topological polar surface area (TPSA) is 221 Å². The zero-order valence-electron chi connectivity index (χ0n) is 33.8. The molecule has 312 valence electrons. The molecule has 6 rings (SSSR count). The van der Waals surface area contributed by atoms with Crippen molar-refractivity contribution in [3.8, 4) is 0 Å². The highest BCUT2D eigenvalue weighted by atomic mass is 16.6. The molecule has 1 saturated heterocycles. The second kappa shape index (κ2) is 15.0. The third-order valence-corrected chi connectivity index (χ3v) is 12.4. The van der Waals surface area contributed by atoms with Gasteiger partial charge in [-0.25, -0.2) is 14.4 Å². The lowest BCUT2D eigenvalue weighted by Crippen LogP contribution is -2.81. The zero-order valence-corrected chi connectivity index (χ0v) is 33.8. The number of ketones is 2. The summed E-state index contributed by atoms with van der Waals surface area (Å²) in [5.74, 6) is -6.80. The van der Waals surface area contributed by atoms with E-state index in [1.807, 2.05) is 0 Å². The van der Waals surface area contributed by atoms with Crippen LogP contribution >= 0.6 is 0 Å². The van der Waals surface area contributed by atoms with Crippen molar-refractivity contribution in [3.05, 3.63) is 82.9 Å². The molecule has 10 atom stereocenters. The fourth-order valence-electron chi connectivity index (χ4n) is 9.34. The van der Waals surface area contributed by atoms with Gasteiger partial charge in [-0.15, -0.1) is 0 Å². The van der Waals surface area contributed by atoms with Crippen LogP contribution in [0, 0.1) is 16.7 Å². The van der Waals surface area contributed by atoms with E-state index in [4.69, 9.17) is 23.7 Å². The van der Waals surface area contributed by atoms with Crippen LogP contribution in [0.5, 0.6) is 0 Å². The average molecular weight is 806 g/mol. The number of aliphatic hydroxyl groups is 3. The molecule has 2 aromatic rings. The minimum Gasteiger partial charge on any atom is -0.456 e. The van der Waals surface area contributed by atoms with Crippen molar-refractivity contribution in [3.63, 3.8) is 0 Å². The fourth-order valence-corrected chi connectivity index (χ4v) is 9.34. The minimum absolute atomic E-state index is 0.0602. The first-order valence-corrected chi connectivity index (χ1v) is 19.2. The number of carbonyl (C=O) groups excluding carboxylic acids is 6. The van der Waals surface area contributed by atoms with Gasteiger partial charge in [0.15, 0.2) is 11.7 Å². The van der Waals surface area contributed by atoms with E-state index < -0.39 is 112 Å². The number of ether oxygens (including phenoxy) is 5. The monoisotopic (exact) mass is 805 g/mol. The molecule has 2 bridgehead atoms. The Morgan fingerprint density at radius 2 is 1.55 bits per heavy atom. The number of alkyl carbamates (subject to hydrolysis) is 1. The van der Waals surface area contributed by atoms with E-state index in [-0.39, 0.29) is 29.7 Å². The molecule has 0 radical (unpaired) electrons. The summed E-state index contributed by atoms with van der Waals surface area (Å²) in [5, 5.41) is 39.3. The Morgan fingerprint density at radius 3 is 2.10 bits per heavy atom. The molecule has 2 saturated carbocycles. The molecule has 15 heteroatoms. The molecule has 15 nitrogen and oxygen atoms in total. The molecular formula is C43H51NO14. The van der Waals surface area contributed by atoms with Crippen molar-refractivity contribution >= 4 is 35.6 Å². The Labute approximate surface area is 336 Å². The average Bonchev–Trinajstić information content (AvgIpc) is 3.14. The standard InChI is InChI=1S/C43H51NO14/c1-22-26(55-37(51)32(48)30(24-15-11-9-12-16-24)44-38(52)58-39(3,4)5)20-43(53)35(56-36(50)25-17-13-10-14-18-25)33-41(8,34(49)31(47)29(22)40(43,6)7)27(46)19-28-42(33,21-54-28)57-23(2)45/h9-18,26-28,30,32-33,35,46,48,53H,19-21H2,1-8H3,(H,44,52)/t26-,27+,28-,30+,32-,33+,35-,41-,42+,43-/m1/s1. The number of rotatable bonds is 8. The summed E-state index contributed by atoms with van der Waals surface area (Å²) in [4.78, 5) is 83.5. The summed E-state index contributed by atoms with van der Waals surface area (Å²) in [6.45, 7) is 11.5. The number of esters is 3. The lowest BCUT2D eigenvalue weighted by atomic mass is 9.45. The van der Waals surface area contributed by atoms with Crippen LogP contribution in [0.4, 0.5) is 4.79 Å². The van der Waals surface area contributed by atoms with Gasteiger partial charge in [0.05, 0.1) is 35.6 Å². The number of benzene rings is 2. The van der Waals surface area contributed by atoms with Crippen molar-refractivity contribution in [2.45, 2.75) is 122 Å². The van der Waals surface area contributed by atoms with Crippen LogP contribution in [0.25, 0.3) is 0 Å². The van der Waals surface area contributed by atoms with Crippen molar-refractivity contribution < 1.29 is 67.8 Å². The predicted molar refractivity (Wildman–Crippen MR) is 203 cm³/mol. The molecule has 1 aliphatic heterocycles. The van der Waals surface area contributed by atoms with E-state index in [0.717, 1.165) is 6.92 Å². The second-order valence-electron chi connectivity index (χ2n) is 17.4. The Morgan fingerprint density at radius 1 is 0.948 bits per heavy atom. The van der Waals surface area contributed by atoms with Crippen LogP contribution in [-0.4, -0.2) is 105 Å². The summed E-state index contributed by atoms with van der Waals surface area (Å²) < 4.78 is 29.4. The molecule has 1 amide bonds. The smallest absolute Gasteiger partial charge is 0.408 e. The normalized spacial score (nSPS) is 32.4. The van der Waals surface area contributed by atoms with Crippen LogP contribution in [0.15, 0.2) is 71.8 Å². The Kier molecular flexibility index (Phi) is 11.0. The molecule has 58 heavy (non-hydrogen) atoms. The summed E-state index contributed by atoms with van der Waals surface area (Å²) in [7, 11) is 0. The quantitative estimate of drug-likeness (QED) is 0.171. The molecule has 0 spiro atoms. The molecule has 0 unspecified atom stereocenters. The second-order valence-corrected chi connectivity index (χ2v) is 17.4. The van der Waals surface area contributed by atoms with Crippen molar-refractivity contribution in [2.75, 3.05) is 6.61 Å². The third kappa shape index (κ3) is 7.01. The molecule has 3 fully saturated rings. The van der Waals surface area contributed by atoms with Gasteiger partial charge in [-0.2, -0.15) is 0 Å². The molecule has 3 aliphatic carbocycles. The highest BCUT2D eigenvalue weighted by molar-refractivity contribution is 6.46. The van der Waals surface area contributed by atoms with Crippen LogP contribution < -0.4 is 5.32 Å². The van der Waals surface area contributed by atoms with Crippen molar-refractivity contribution in [2.24, 2.45) is 16.7 Å². The van der Waals surface area contributed by atoms with Crippen LogP contribution in [-0.2, 0) is 42.9 Å². The summed E-state index contributed by atoms with van der Waals surface area (Å²) in [5.41, 5.74) is -8.77. The maximum atomic E-state index is 14.8. The zero-order chi connectivity index (χ0) is 42.7. The predicted octanol–water partition coefficient (Wildman–Crippen LogP) is 3.47. The van der Waals surface area contributed by atoms with E-state index in [2.05, 4.69) is 5.32 Å². The molecular weight excluding hydrogens is 754 g/mol. The summed E-state index contributed by atoms with van der Waals surface area (Å²) in [6, 6.07) is 14.5. The minimum atomic E-state index is -2.41. The van der Waals surface area contributed by atoms with Gasteiger partial charge in [-0.05, 0) is 57.9 Å². The van der Waals surface area contributed by atoms with E-state index in [1.165, 1.54) is 39.8 Å². The Bertz CT molecular complexity index is 2020. The molecule has 1 heterocycles. The molecule has 0 aromatic heterocycles. The number of nitrogens with one attached hydrogen (secondary N) is 1. The highest BCUT2D eigenvalue weighted by Gasteiger charge is 2.78. The van der Waals surface area contributed by atoms with E-state index >= 15 is 0 Å². The lowest BCUT2D eigenvalue weighted by molar-refractivity contribution is -0.343. The van der Waals surface area contributed by atoms with E-state index in [9.17, 15) is 44.1 Å². The number of hydrogen-bond donors (Lipinski definition) is 4. The third-order valence-electron chi connectivity index (χ3n) is 12.4. The van der Waals surface area contributed by atoms with Gasteiger partial charge in [-0.3, -0.25) is 14.4 Å². The fraction of sp³-hybridized carbons (Fsp3) is 0.535. The van der Waals surface area contributed by atoms with Gasteiger partial charge < -0.3 is 44.3 Å². The molecule has 4 aliphatic rings. The first-order chi connectivity index (χ1) is 27.0. The first kappa shape index (κ1) is 42.6. The van der Waals surface area contributed by atoms with Gasteiger partial charge in [0.25, 0.3) is 0 Å². The maximum absolute atomic E-state index is 14.8. The molecule has 2 aromatic carbocycles. The van der Waals surface area contributed by atoms with Crippen molar-refractivity contribution in [1.82, 2.24) is 5.32 Å². The summed E-state index contributed by atoms with van der Waals surface area (Å²) in [6.07, 6.45) is -9.78. The van der Waals surface area contributed by atoms with E-state index in [0.29, 0.717) is 5.56 Å². The van der Waals surface area contributed by atoms with Gasteiger partial charge in [0, 0.05) is 30.8 Å². The van der Waals surface area contributed by atoms with Crippen LogP contribution in [0.1, 0.15) is 90.2 Å². The number of carbonyl (C=O) groups is 6. The van der Waals surface area contributed by atoms with Gasteiger partial charge in [0.1, 0.15) is 29.5 Å². The van der Waals surface area contributed by atoms with Gasteiger partial charge in [0.2, 0.25) is 11.6 Å². The Hall–Kier alpha value is -4.96. The number of aliphatic hydroxyl groups excluding tert-OH is 2. The van der Waals surface area contributed by atoms with Crippen molar-refractivity contribution in [1.29, 1.82) is 0 Å². The number of fused-ring (bicyclic) bond motifs is 5. The SMILES string of the molecule is CC(=O)O[C@@]12CO[C@@H]1C[C@H](O)[C@@]1(C)C(=O)C(=O)C3=C(C)[C@H](OC(=O)[C@H](O)[C@@H](NC(=O)OC(C)(C)C)c4ccccc4)C[C@@](O)([C@H](OC(=O)c4ccccc4)[C@H]21)C3(C)C. The highest BCUT2D eigenvalue weighted by Crippen LogP contribution is 2.63. The van der Waals surface area contributed by atoms with Crippen LogP contribution in [0.3, 0.4) is 0 Å². The van der Waals surface area contributed by atoms with E-state index in [1.54, 1.807) is 69.3 Å².